The molecule has 10 nitrogen and oxygen atoms in total. The van der Waals surface area contributed by atoms with Crippen molar-refractivity contribution in [3.05, 3.63) is 68.2 Å². The standard InChI is InChI=1S/C27H17Cl6N3O7/c1-11-8-15(43-24(40)12-9-17(37)34(10-12)13-2-4-14(5-3-13)36(41)42)6-7-16(11)35-22(38)18-19(23(35)39)26(31)21(29)20(28)25(18,30)27(26,32)33/h2-8,12,18-19H,9-10H2,1H3/t12-,18-,19+,25-,26-/m1/s1. The van der Waals surface area contributed by atoms with E-state index in [2.05, 4.69) is 0 Å². The number of nitro groups is 1. The molecule has 43 heavy (non-hydrogen) atoms. The van der Waals surface area contributed by atoms with Crippen molar-refractivity contribution in [2.75, 3.05) is 16.3 Å². The number of non-ortho nitro benzene ring substituents is 1. The van der Waals surface area contributed by atoms with Crippen molar-refractivity contribution in [3.63, 3.8) is 0 Å². The van der Waals surface area contributed by atoms with Crippen LogP contribution < -0.4 is 14.5 Å². The van der Waals surface area contributed by atoms with Gasteiger partial charge in [-0.1, -0.05) is 46.4 Å². The molecule has 2 aromatic rings. The second-order valence-corrected chi connectivity index (χ2v) is 13.9. The zero-order valence-electron chi connectivity index (χ0n) is 21.7. The van der Waals surface area contributed by atoms with Crippen molar-refractivity contribution in [1.29, 1.82) is 0 Å². The first-order chi connectivity index (χ1) is 20.1. The number of nitro benzene ring substituents is 1. The van der Waals surface area contributed by atoms with Gasteiger partial charge in [-0.2, -0.15) is 0 Å². The molecule has 0 radical (unpaired) electrons. The van der Waals surface area contributed by atoms with Gasteiger partial charge in [-0.15, -0.1) is 23.2 Å². The molecule has 6 rings (SSSR count). The van der Waals surface area contributed by atoms with Crippen LogP contribution >= 0.6 is 69.6 Å². The molecule has 2 aliphatic carbocycles. The number of aryl methyl sites for hydroxylation is 1. The summed E-state index contributed by atoms with van der Waals surface area (Å²) in [4.78, 5) is 61.6. The second-order valence-electron chi connectivity index (χ2n) is 10.6. The molecule has 1 saturated carbocycles. The highest BCUT2D eigenvalue weighted by atomic mass is 35.5. The number of ether oxygens (including phenoxy) is 1. The number of carbonyl (C=O) groups excluding carboxylic acids is 4. The van der Waals surface area contributed by atoms with Gasteiger partial charge < -0.3 is 9.64 Å². The third kappa shape index (κ3) is 3.93. The molecule has 4 aliphatic rings. The minimum absolute atomic E-state index is 0.0221. The van der Waals surface area contributed by atoms with Crippen molar-refractivity contribution in [2.24, 2.45) is 17.8 Å². The Labute approximate surface area is 273 Å². The van der Waals surface area contributed by atoms with Gasteiger partial charge in [-0.25, -0.2) is 4.90 Å². The van der Waals surface area contributed by atoms with Crippen LogP contribution in [0.4, 0.5) is 17.1 Å². The average molecular weight is 708 g/mol. The lowest BCUT2D eigenvalue weighted by molar-refractivity contribution is -0.384. The number of rotatable bonds is 5. The maximum Gasteiger partial charge on any atom is 0.316 e. The van der Waals surface area contributed by atoms with Gasteiger partial charge in [0, 0.05) is 30.8 Å². The molecule has 0 spiro atoms. The highest BCUT2D eigenvalue weighted by Crippen LogP contribution is 2.77. The number of benzene rings is 2. The van der Waals surface area contributed by atoms with E-state index in [0.717, 1.165) is 4.90 Å². The summed E-state index contributed by atoms with van der Waals surface area (Å²) >= 11 is 39.3. The summed E-state index contributed by atoms with van der Waals surface area (Å²) in [5, 5.41) is 10.5. The Bertz CT molecular complexity index is 1650. The largest absolute Gasteiger partial charge is 0.426 e. The number of amides is 3. The van der Waals surface area contributed by atoms with Crippen LogP contribution in [0.15, 0.2) is 52.5 Å². The molecule has 224 valence electrons. The van der Waals surface area contributed by atoms with Gasteiger partial charge in [0.25, 0.3) is 5.69 Å². The Hall–Kier alpha value is -2.60. The molecule has 16 heteroatoms. The minimum Gasteiger partial charge on any atom is -0.426 e. The monoisotopic (exact) mass is 705 g/mol. The average Bonchev–Trinajstić information content (AvgIpc) is 3.54. The van der Waals surface area contributed by atoms with Crippen LogP contribution in [0.2, 0.25) is 0 Å². The number of anilines is 2. The molecule has 3 amide bonds. The van der Waals surface area contributed by atoms with Crippen LogP contribution in [0.1, 0.15) is 12.0 Å². The van der Waals surface area contributed by atoms with E-state index in [9.17, 15) is 29.3 Å². The third-order valence-electron chi connectivity index (χ3n) is 8.37. The number of imide groups is 1. The summed E-state index contributed by atoms with van der Waals surface area (Å²) in [5.41, 5.74) is 0.874. The Morgan fingerprint density at radius 2 is 1.51 bits per heavy atom. The number of fused-ring (bicyclic) bond motifs is 5. The topological polar surface area (TPSA) is 127 Å². The zero-order chi connectivity index (χ0) is 31.4. The number of hydrogen-bond acceptors (Lipinski definition) is 7. The van der Waals surface area contributed by atoms with Gasteiger partial charge in [0.15, 0.2) is 4.33 Å². The summed E-state index contributed by atoms with van der Waals surface area (Å²) in [6.45, 7) is 1.62. The van der Waals surface area contributed by atoms with Crippen molar-refractivity contribution in [2.45, 2.75) is 27.4 Å². The van der Waals surface area contributed by atoms with Crippen molar-refractivity contribution < 1.29 is 28.8 Å². The van der Waals surface area contributed by atoms with E-state index < -0.39 is 54.5 Å². The zero-order valence-corrected chi connectivity index (χ0v) is 26.2. The van der Waals surface area contributed by atoms with E-state index >= 15 is 0 Å². The van der Waals surface area contributed by atoms with E-state index in [4.69, 9.17) is 74.3 Å². The van der Waals surface area contributed by atoms with Gasteiger partial charge in [-0.05, 0) is 42.8 Å². The number of allylic oxidation sites excluding steroid dienone is 2. The molecule has 5 atom stereocenters. The number of alkyl halides is 4. The van der Waals surface area contributed by atoms with Gasteiger partial charge >= 0.3 is 5.97 Å². The first kappa shape index (κ1) is 30.4. The van der Waals surface area contributed by atoms with E-state index in [1.807, 2.05) is 0 Å². The van der Waals surface area contributed by atoms with Crippen LogP contribution in [-0.4, -0.2) is 49.2 Å². The van der Waals surface area contributed by atoms with Gasteiger partial charge in [0.2, 0.25) is 17.7 Å². The highest BCUT2D eigenvalue weighted by molar-refractivity contribution is 6.67. The van der Waals surface area contributed by atoms with Crippen molar-refractivity contribution in [1.82, 2.24) is 0 Å². The lowest BCUT2D eigenvalue weighted by Crippen LogP contribution is -2.50. The predicted molar refractivity (Wildman–Crippen MR) is 160 cm³/mol. The Morgan fingerprint density at radius 1 is 0.953 bits per heavy atom. The fourth-order valence-electron chi connectivity index (χ4n) is 6.24. The van der Waals surface area contributed by atoms with Crippen LogP contribution in [0.3, 0.4) is 0 Å². The quantitative estimate of drug-likeness (QED) is 0.0958. The number of hydrogen-bond donors (Lipinski definition) is 0. The maximum atomic E-state index is 13.7. The molecule has 2 aromatic carbocycles. The molecule has 0 N–H and O–H groups in total. The first-order valence-electron chi connectivity index (χ1n) is 12.6. The minimum atomic E-state index is -2.05. The number of nitrogens with zero attached hydrogens (tertiary/aromatic N) is 3. The molecule has 2 saturated heterocycles. The summed E-state index contributed by atoms with van der Waals surface area (Å²) < 4.78 is 3.48. The van der Waals surface area contributed by atoms with Crippen molar-refractivity contribution in [3.8, 4) is 5.75 Å². The lowest BCUT2D eigenvalue weighted by atomic mass is 9.84. The maximum absolute atomic E-state index is 13.7. The summed E-state index contributed by atoms with van der Waals surface area (Å²) in [6.07, 6.45) is -0.116. The third-order valence-corrected chi connectivity index (χ3v) is 12.6. The van der Waals surface area contributed by atoms with Crippen LogP contribution in [0.5, 0.6) is 5.75 Å². The number of halogens is 6. The van der Waals surface area contributed by atoms with Gasteiger partial charge in [0.05, 0.1) is 38.4 Å². The molecule has 3 fully saturated rings. The fraction of sp³-hybridized carbons (Fsp3) is 0.333. The summed E-state index contributed by atoms with van der Waals surface area (Å²) in [7, 11) is 0. The second kappa shape index (κ2) is 9.95. The SMILES string of the molecule is Cc1cc(OC(=O)[C@@H]2CC(=O)N(c3ccc([N+](=O)[O-])cc3)C2)ccc1N1C(=O)[C@@H]2[C@H](C1=O)[C@@]1(Cl)C(Cl)=C(Cl)[C@@]2(Cl)C1(Cl)Cl. The molecular formula is C27H17Cl6N3O7. The normalized spacial score (nSPS) is 30.9. The molecule has 2 heterocycles. The van der Waals surface area contributed by atoms with Crippen LogP contribution in [0, 0.1) is 34.8 Å². The Balaban J connectivity index is 1.19. The Kier molecular flexibility index (Phi) is 7.04. The van der Waals surface area contributed by atoms with Gasteiger partial charge in [-0.3, -0.25) is 29.3 Å². The number of carbonyl (C=O) groups is 4. The van der Waals surface area contributed by atoms with E-state index in [1.165, 1.54) is 47.4 Å². The molecule has 0 aromatic heterocycles. The first-order valence-corrected chi connectivity index (χ1v) is 14.9. The van der Waals surface area contributed by atoms with E-state index in [1.54, 1.807) is 6.92 Å². The van der Waals surface area contributed by atoms with Crippen LogP contribution in [0.25, 0.3) is 0 Å². The molecule has 2 bridgehead atoms. The fourth-order valence-corrected chi connectivity index (χ4v) is 9.17. The highest BCUT2D eigenvalue weighted by Gasteiger charge is 2.87. The van der Waals surface area contributed by atoms with Gasteiger partial charge in [0.1, 0.15) is 15.5 Å². The lowest BCUT2D eigenvalue weighted by Gasteiger charge is -2.34. The summed E-state index contributed by atoms with van der Waals surface area (Å²) in [6, 6.07) is 9.69. The van der Waals surface area contributed by atoms with Crippen LogP contribution in [-0.2, 0) is 19.2 Å². The Morgan fingerprint density at radius 3 is 2.02 bits per heavy atom. The molecule has 0 unspecified atom stereocenters. The van der Waals surface area contributed by atoms with Crippen molar-refractivity contribution >= 4 is 110 Å². The number of esters is 1. The molecule has 2 aliphatic heterocycles. The smallest absolute Gasteiger partial charge is 0.316 e. The van der Waals surface area contributed by atoms with E-state index in [0.29, 0.717) is 11.3 Å². The predicted octanol–water partition coefficient (Wildman–Crippen LogP) is 5.81. The summed E-state index contributed by atoms with van der Waals surface area (Å²) in [5.74, 6) is -5.72. The van der Waals surface area contributed by atoms with E-state index in [-0.39, 0.29) is 46.1 Å². The molecular weight excluding hydrogens is 691 g/mol.